The van der Waals surface area contributed by atoms with E-state index in [1.807, 2.05) is 0 Å². The van der Waals surface area contributed by atoms with Gasteiger partial charge in [-0.25, -0.2) is 4.79 Å². The van der Waals surface area contributed by atoms with Crippen LogP contribution in [0.5, 0.6) is 0 Å². The number of benzene rings is 1. The number of carbonyl (C=O) groups excluding carboxylic acids is 1. The molecular weight excluding hydrogens is 248 g/mol. The van der Waals surface area contributed by atoms with Crippen LogP contribution in [0.15, 0.2) is 29.3 Å². The summed E-state index contributed by atoms with van der Waals surface area (Å²) in [5.74, 6) is 0. The number of piperidine rings is 1. The summed E-state index contributed by atoms with van der Waals surface area (Å²) in [7, 11) is 0. The molecule has 106 valence electrons. The van der Waals surface area contributed by atoms with Gasteiger partial charge in [-0.3, -0.25) is 0 Å². The Hall–Kier alpha value is -1.44. The molecule has 3 rings (SSSR count). The van der Waals surface area contributed by atoms with Crippen LogP contribution in [0, 0.1) is 0 Å². The van der Waals surface area contributed by atoms with Crippen molar-refractivity contribution in [2.45, 2.75) is 44.1 Å². The molecule has 3 nitrogen and oxygen atoms in total. The fourth-order valence-electron chi connectivity index (χ4n) is 3.12. The normalized spacial score (nSPS) is 21.2. The second-order valence-electron chi connectivity index (χ2n) is 6.08. The molecule has 1 saturated heterocycles. The minimum atomic E-state index is -0.229. The molecule has 20 heavy (non-hydrogen) atoms. The zero-order chi connectivity index (χ0) is 13.8. The van der Waals surface area contributed by atoms with Crippen molar-refractivity contribution in [1.29, 1.82) is 0 Å². The highest BCUT2D eigenvalue weighted by Gasteiger charge is 2.44. The summed E-state index contributed by atoms with van der Waals surface area (Å²) in [4.78, 5) is 17.0. The lowest BCUT2D eigenvalue weighted by molar-refractivity contribution is 0.231. The lowest BCUT2D eigenvalue weighted by Crippen LogP contribution is -2.31. The largest absolute Gasteiger partial charge is 0.303 e. The Kier molecular flexibility index (Phi) is 4.00. The molecule has 1 aromatic rings. The highest BCUT2D eigenvalue weighted by molar-refractivity contribution is 5.41. The lowest BCUT2D eigenvalue weighted by atomic mass is 10.0. The van der Waals surface area contributed by atoms with Gasteiger partial charge in [0, 0.05) is 6.54 Å². The first-order valence-electron chi connectivity index (χ1n) is 7.73. The third-order valence-corrected chi connectivity index (χ3v) is 4.64. The Morgan fingerprint density at radius 3 is 2.40 bits per heavy atom. The summed E-state index contributed by atoms with van der Waals surface area (Å²) in [5, 5.41) is 0. The number of hydrogen-bond acceptors (Lipinski definition) is 3. The summed E-state index contributed by atoms with van der Waals surface area (Å²) in [6.45, 7) is 3.68. The molecule has 0 bridgehead atoms. The maximum absolute atomic E-state index is 10.5. The van der Waals surface area contributed by atoms with E-state index in [0.717, 1.165) is 25.8 Å². The standard InChI is InChI=1S/C17H22N2O/c20-14-18-17(9-10-17)16-6-4-15(5-7-16)8-13-19-11-2-1-3-12-19/h4-7H,1-3,8-13H2. The van der Waals surface area contributed by atoms with Gasteiger partial charge in [0.2, 0.25) is 6.08 Å². The quantitative estimate of drug-likeness (QED) is 0.608. The van der Waals surface area contributed by atoms with E-state index in [4.69, 9.17) is 0 Å². The molecule has 0 atom stereocenters. The number of hydrogen-bond donors (Lipinski definition) is 0. The monoisotopic (exact) mass is 270 g/mol. The van der Waals surface area contributed by atoms with Gasteiger partial charge in [-0.15, -0.1) is 0 Å². The predicted molar refractivity (Wildman–Crippen MR) is 79.5 cm³/mol. The fraction of sp³-hybridized carbons (Fsp3) is 0.588. The SMILES string of the molecule is O=C=NC1(c2ccc(CCN3CCCCC3)cc2)CC1. The summed E-state index contributed by atoms with van der Waals surface area (Å²) < 4.78 is 0. The van der Waals surface area contributed by atoms with E-state index in [2.05, 4.69) is 34.2 Å². The van der Waals surface area contributed by atoms with Crippen LogP contribution < -0.4 is 0 Å². The number of rotatable bonds is 5. The molecule has 2 aliphatic rings. The van der Waals surface area contributed by atoms with Crippen LogP contribution in [0.4, 0.5) is 0 Å². The minimum Gasteiger partial charge on any atom is -0.303 e. The Labute approximate surface area is 120 Å². The van der Waals surface area contributed by atoms with Gasteiger partial charge in [0.1, 0.15) is 0 Å². The molecule has 1 aliphatic carbocycles. The van der Waals surface area contributed by atoms with E-state index in [9.17, 15) is 4.79 Å². The van der Waals surface area contributed by atoms with Crippen LogP contribution in [0.2, 0.25) is 0 Å². The van der Waals surface area contributed by atoms with Gasteiger partial charge in [-0.05, 0) is 56.3 Å². The maximum Gasteiger partial charge on any atom is 0.235 e. The third kappa shape index (κ3) is 3.00. The lowest BCUT2D eigenvalue weighted by Gasteiger charge is -2.26. The molecule has 0 aromatic heterocycles. The topological polar surface area (TPSA) is 32.7 Å². The smallest absolute Gasteiger partial charge is 0.235 e. The van der Waals surface area contributed by atoms with Crippen molar-refractivity contribution in [3.05, 3.63) is 35.4 Å². The van der Waals surface area contributed by atoms with Crippen LogP contribution >= 0.6 is 0 Å². The molecule has 0 amide bonds. The first kappa shape index (κ1) is 13.5. The average molecular weight is 270 g/mol. The minimum absolute atomic E-state index is 0.229. The zero-order valence-corrected chi connectivity index (χ0v) is 12.0. The first-order chi connectivity index (χ1) is 9.82. The summed E-state index contributed by atoms with van der Waals surface area (Å²) >= 11 is 0. The van der Waals surface area contributed by atoms with Gasteiger partial charge in [0.25, 0.3) is 0 Å². The van der Waals surface area contributed by atoms with Crippen molar-refractivity contribution in [3.63, 3.8) is 0 Å². The van der Waals surface area contributed by atoms with Crippen LogP contribution in [-0.4, -0.2) is 30.6 Å². The van der Waals surface area contributed by atoms with Crippen molar-refractivity contribution in [2.24, 2.45) is 4.99 Å². The van der Waals surface area contributed by atoms with Crippen molar-refractivity contribution in [2.75, 3.05) is 19.6 Å². The summed E-state index contributed by atoms with van der Waals surface area (Å²) in [6, 6.07) is 8.66. The molecule has 1 aliphatic heterocycles. The molecule has 0 N–H and O–H groups in total. The maximum atomic E-state index is 10.5. The molecule has 2 fully saturated rings. The third-order valence-electron chi connectivity index (χ3n) is 4.64. The van der Waals surface area contributed by atoms with E-state index in [1.54, 1.807) is 6.08 Å². The van der Waals surface area contributed by atoms with Crippen molar-refractivity contribution >= 4 is 6.08 Å². The first-order valence-corrected chi connectivity index (χ1v) is 7.73. The molecule has 0 spiro atoms. The average Bonchev–Trinajstić information content (AvgIpc) is 3.28. The molecule has 1 saturated carbocycles. The van der Waals surface area contributed by atoms with Gasteiger partial charge in [0.05, 0.1) is 5.54 Å². The van der Waals surface area contributed by atoms with Gasteiger partial charge < -0.3 is 4.90 Å². The van der Waals surface area contributed by atoms with Gasteiger partial charge >= 0.3 is 0 Å². The molecule has 3 heteroatoms. The molecule has 0 unspecified atom stereocenters. The highest BCUT2D eigenvalue weighted by Crippen LogP contribution is 2.49. The predicted octanol–water partition coefficient (Wildman–Crippen LogP) is 3.04. The Bertz CT molecular complexity index is 492. The second-order valence-corrected chi connectivity index (χ2v) is 6.08. The van der Waals surface area contributed by atoms with E-state index in [-0.39, 0.29) is 5.54 Å². The molecule has 1 heterocycles. The fourth-order valence-corrected chi connectivity index (χ4v) is 3.12. The van der Waals surface area contributed by atoms with E-state index >= 15 is 0 Å². The number of aliphatic imine (C=N–C) groups is 1. The highest BCUT2D eigenvalue weighted by atomic mass is 16.1. The van der Waals surface area contributed by atoms with Crippen LogP contribution in [0.25, 0.3) is 0 Å². The zero-order valence-electron chi connectivity index (χ0n) is 12.0. The van der Waals surface area contributed by atoms with Crippen molar-refractivity contribution in [1.82, 2.24) is 4.90 Å². The van der Waals surface area contributed by atoms with Crippen molar-refractivity contribution < 1.29 is 4.79 Å². The van der Waals surface area contributed by atoms with Crippen LogP contribution in [0.1, 0.15) is 43.2 Å². The van der Waals surface area contributed by atoms with E-state index < -0.39 is 0 Å². The Morgan fingerprint density at radius 2 is 1.80 bits per heavy atom. The number of nitrogens with zero attached hydrogens (tertiary/aromatic N) is 2. The number of likely N-dealkylation sites (tertiary alicyclic amines) is 1. The van der Waals surface area contributed by atoms with E-state index in [1.165, 1.54) is 43.5 Å². The summed E-state index contributed by atoms with van der Waals surface area (Å²) in [6.07, 6.45) is 8.90. The van der Waals surface area contributed by atoms with Gasteiger partial charge in [-0.1, -0.05) is 30.7 Å². The van der Waals surface area contributed by atoms with E-state index in [0.29, 0.717) is 0 Å². The van der Waals surface area contributed by atoms with Gasteiger partial charge in [0.15, 0.2) is 0 Å². The molecule has 1 aromatic carbocycles. The van der Waals surface area contributed by atoms with Crippen LogP contribution in [-0.2, 0) is 16.8 Å². The Balaban J connectivity index is 1.57. The van der Waals surface area contributed by atoms with Gasteiger partial charge in [-0.2, -0.15) is 4.99 Å². The molecule has 0 radical (unpaired) electrons. The summed E-state index contributed by atoms with van der Waals surface area (Å²) in [5.41, 5.74) is 2.32. The van der Waals surface area contributed by atoms with Crippen molar-refractivity contribution in [3.8, 4) is 0 Å². The molecular formula is C17H22N2O. The second kappa shape index (κ2) is 5.90. The van der Waals surface area contributed by atoms with Crippen LogP contribution in [0.3, 0.4) is 0 Å². The Morgan fingerprint density at radius 1 is 1.10 bits per heavy atom. The number of isocyanates is 1.